The third kappa shape index (κ3) is 2.88. The molecule has 0 bridgehead atoms. The second-order valence-corrected chi connectivity index (χ2v) is 5.31. The minimum atomic E-state index is 0.542. The van der Waals surface area contributed by atoms with Gasteiger partial charge in [0, 0.05) is 12.6 Å². The van der Waals surface area contributed by atoms with Crippen molar-refractivity contribution in [3.8, 4) is 17.1 Å². The molecule has 2 aromatic rings. The molecular weight excluding hydrogens is 342 g/mol. The largest absolute Gasteiger partial charge is 0.495 e. The number of benzene rings is 1. The highest BCUT2D eigenvalue weighted by molar-refractivity contribution is 9.10. The van der Waals surface area contributed by atoms with Gasteiger partial charge in [0.15, 0.2) is 5.82 Å². The molecule has 2 rings (SSSR count). The van der Waals surface area contributed by atoms with Crippen molar-refractivity contribution in [2.24, 2.45) is 0 Å². The first-order valence-electron chi connectivity index (χ1n) is 6.18. The Morgan fingerprint density at radius 1 is 1.35 bits per heavy atom. The summed E-state index contributed by atoms with van der Waals surface area (Å²) >= 11 is 9.66. The van der Waals surface area contributed by atoms with Gasteiger partial charge in [-0.25, -0.2) is 9.97 Å². The Kier molecular flexibility index (Phi) is 4.83. The number of ether oxygens (including phenoxy) is 1. The monoisotopic (exact) mass is 355 g/mol. The van der Waals surface area contributed by atoms with Crippen LogP contribution in [0, 0.1) is 0 Å². The van der Waals surface area contributed by atoms with Gasteiger partial charge in [0.25, 0.3) is 0 Å². The van der Waals surface area contributed by atoms with Gasteiger partial charge in [-0.05, 0) is 40.5 Å². The van der Waals surface area contributed by atoms with Crippen LogP contribution in [0.15, 0.2) is 22.7 Å². The number of hydrogen-bond acceptors (Lipinski definition) is 4. The van der Waals surface area contributed by atoms with E-state index in [4.69, 9.17) is 16.3 Å². The van der Waals surface area contributed by atoms with E-state index in [0.717, 1.165) is 28.0 Å². The van der Waals surface area contributed by atoms with E-state index in [0.29, 0.717) is 16.6 Å². The van der Waals surface area contributed by atoms with E-state index in [1.807, 2.05) is 25.2 Å². The van der Waals surface area contributed by atoms with E-state index < -0.39 is 0 Å². The second-order valence-electron chi connectivity index (χ2n) is 4.11. The van der Waals surface area contributed by atoms with Crippen LogP contribution in [0.2, 0.25) is 5.02 Å². The fraction of sp³-hybridized carbons (Fsp3) is 0.286. The molecule has 6 heteroatoms. The van der Waals surface area contributed by atoms with Crippen molar-refractivity contribution in [1.82, 2.24) is 9.97 Å². The van der Waals surface area contributed by atoms with Crippen LogP contribution in [0.3, 0.4) is 0 Å². The lowest BCUT2D eigenvalue weighted by molar-refractivity contribution is 0.415. The van der Waals surface area contributed by atoms with Crippen LogP contribution in [-0.4, -0.2) is 24.1 Å². The van der Waals surface area contributed by atoms with E-state index in [2.05, 4.69) is 38.1 Å². The molecule has 106 valence electrons. The van der Waals surface area contributed by atoms with E-state index in [1.54, 1.807) is 7.11 Å². The topological polar surface area (TPSA) is 47.0 Å². The Balaban J connectivity index is 2.54. The molecule has 4 nitrogen and oxygen atoms in total. The summed E-state index contributed by atoms with van der Waals surface area (Å²) in [5.74, 6) is 2.04. The lowest BCUT2D eigenvalue weighted by Gasteiger charge is -2.11. The molecule has 0 fully saturated rings. The van der Waals surface area contributed by atoms with Crippen LogP contribution >= 0.6 is 27.5 Å². The second kappa shape index (κ2) is 6.41. The maximum absolute atomic E-state index is 6.15. The number of nitrogens with one attached hydrogen (secondary N) is 1. The molecule has 1 aromatic heterocycles. The Bertz CT molecular complexity index is 609. The third-order valence-electron chi connectivity index (χ3n) is 2.90. The summed E-state index contributed by atoms with van der Waals surface area (Å²) in [5, 5.41) is 3.60. The van der Waals surface area contributed by atoms with Crippen molar-refractivity contribution in [1.29, 1.82) is 0 Å². The Morgan fingerprint density at radius 3 is 2.65 bits per heavy atom. The van der Waals surface area contributed by atoms with Crippen molar-refractivity contribution in [3.63, 3.8) is 0 Å². The molecule has 1 heterocycles. The summed E-state index contributed by atoms with van der Waals surface area (Å²) in [5.41, 5.74) is 1.81. The van der Waals surface area contributed by atoms with Gasteiger partial charge in [-0.1, -0.05) is 18.5 Å². The zero-order chi connectivity index (χ0) is 14.7. The van der Waals surface area contributed by atoms with Crippen molar-refractivity contribution in [2.75, 3.05) is 19.5 Å². The summed E-state index contributed by atoms with van der Waals surface area (Å²) in [7, 11) is 3.42. The van der Waals surface area contributed by atoms with Crippen molar-refractivity contribution >= 4 is 33.3 Å². The van der Waals surface area contributed by atoms with Crippen LogP contribution < -0.4 is 10.1 Å². The van der Waals surface area contributed by atoms with Gasteiger partial charge < -0.3 is 10.1 Å². The van der Waals surface area contributed by atoms with Crippen LogP contribution in [-0.2, 0) is 6.42 Å². The molecule has 0 spiro atoms. The fourth-order valence-electron chi connectivity index (χ4n) is 1.83. The molecular formula is C14H15BrClN3O. The molecule has 0 aliphatic rings. The molecule has 0 unspecified atom stereocenters. The SMILES string of the molecule is CCc1nc(-c2ccc(OC)c(Cl)c2)nc(NC)c1Br. The Hall–Kier alpha value is -1.33. The summed E-state index contributed by atoms with van der Waals surface area (Å²) in [6, 6.07) is 5.52. The number of methoxy groups -OCH3 is 1. The lowest BCUT2D eigenvalue weighted by Crippen LogP contribution is -2.02. The molecule has 1 N–H and O–H groups in total. The molecule has 0 aliphatic carbocycles. The number of nitrogens with zero attached hydrogens (tertiary/aromatic N) is 2. The maximum atomic E-state index is 6.15. The summed E-state index contributed by atoms with van der Waals surface area (Å²) < 4.78 is 6.05. The third-order valence-corrected chi connectivity index (χ3v) is 4.03. The fourth-order valence-corrected chi connectivity index (χ4v) is 2.74. The number of anilines is 1. The summed E-state index contributed by atoms with van der Waals surface area (Å²) in [6.07, 6.45) is 0.814. The van der Waals surface area contributed by atoms with Crippen LogP contribution in [0.1, 0.15) is 12.6 Å². The smallest absolute Gasteiger partial charge is 0.161 e. The highest BCUT2D eigenvalue weighted by Gasteiger charge is 2.12. The summed E-state index contributed by atoms with van der Waals surface area (Å²) in [4.78, 5) is 9.07. The number of rotatable bonds is 4. The molecule has 0 amide bonds. The Morgan fingerprint density at radius 2 is 2.10 bits per heavy atom. The minimum absolute atomic E-state index is 0.542. The van der Waals surface area contributed by atoms with Gasteiger partial charge in [-0.3, -0.25) is 0 Å². The van der Waals surface area contributed by atoms with E-state index in [-0.39, 0.29) is 0 Å². The van der Waals surface area contributed by atoms with Crippen LogP contribution in [0.5, 0.6) is 5.75 Å². The molecule has 0 atom stereocenters. The van der Waals surface area contributed by atoms with Gasteiger partial charge in [0.2, 0.25) is 0 Å². The first kappa shape index (κ1) is 15.1. The van der Waals surface area contributed by atoms with E-state index in [9.17, 15) is 0 Å². The predicted octanol–water partition coefficient (Wildman–Crippen LogP) is 4.17. The lowest BCUT2D eigenvalue weighted by atomic mass is 10.2. The van der Waals surface area contributed by atoms with Crippen molar-refractivity contribution in [2.45, 2.75) is 13.3 Å². The van der Waals surface area contributed by atoms with Gasteiger partial charge in [0.05, 0.1) is 22.3 Å². The van der Waals surface area contributed by atoms with Gasteiger partial charge in [-0.15, -0.1) is 0 Å². The van der Waals surface area contributed by atoms with Gasteiger partial charge in [0.1, 0.15) is 11.6 Å². The standard InChI is InChI=1S/C14H15BrClN3O/c1-4-10-12(15)14(17-2)19-13(18-10)8-5-6-11(20-3)9(16)7-8/h5-7H,4H2,1-3H3,(H,17,18,19). The Labute approximate surface area is 131 Å². The van der Waals surface area contributed by atoms with Crippen molar-refractivity contribution < 1.29 is 4.74 Å². The maximum Gasteiger partial charge on any atom is 0.161 e. The molecule has 0 saturated heterocycles. The normalized spacial score (nSPS) is 10.4. The first-order chi connectivity index (χ1) is 9.60. The quantitative estimate of drug-likeness (QED) is 0.893. The van der Waals surface area contributed by atoms with Gasteiger partial charge >= 0.3 is 0 Å². The summed E-state index contributed by atoms with van der Waals surface area (Å²) in [6.45, 7) is 2.05. The van der Waals surface area contributed by atoms with E-state index >= 15 is 0 Å². The zero-order valence-corrected chi connectivity index (χ0v) is 13.8. The predicted molar refractivity (Wildman–Crippen MR) is 85.7 cm³/mol. The first-order valence-corrected chi connectivity index (χ1v) is 7.35. The molecule has 20 heavy (non-hydrogen) atoms. The number of aryl methyl sites for hydroxylation is 1. The number of hydrogen-bond donors (Lipinski definition) is 1. The number of halogens is 2. The van der Waals surface area contributed by atoms with E-state index in [1.165, 1.54) is 0 Å². The minimum Gasteiger partial charge on any atom is -0.495 e. The molecule has 0 aliphatic heterocycles. The highest BCUT2D eigenvalue weighted by atomic mass is 79.9. The average Bonchev–Trinajstić information content (AvgIpc) is 2.47. The molecule has 0 saturated carbocycles. The number of aromatic nitrogens is 2. The van der Waals surface area contributed by atoms with Crippen molar-refractivity contribution in [3.05, 3.63) is 33.4 Å². The van der Waals surface area contributed by atoms with Crippen LogP contribution in [0.4, 0.5) is 5.82 Å². The molecule has 0 radical (unpaired) electrons. The molecule has 1 aromatic carbocycles. The zero-order valence-electron chi connectivity index (χ0n) is 11.5. The highest BCUT2D eigenvalue weighted by Crippen LogP contribution is 2.31. The van der Waals surface area contributed by atoms with Gasteiger partial charge in [-0.2, -0.15) is 0 Å². The van der Waals surface area contributed by atoms with Crippen LogP contribution in [0.25, 0.3) is 11.4 Å². The average molecular weight is 357 g/mol.